The predicted octanol–water partition coefficient (Wildman–Crippen LogP) is 6.07. The lowest BCUT2D eigenvalue weighted by atomic mass is 9.89. The number of carbonyl (C=O) groups is 2. The highest BCUT2D eigenvalue weighted by Crippen LogP contribution is 2.47. The first-order valence-corrected chi connectivity index (χ1v) is 13.4. The quantitative estimate of drug-likeness (QED) is 0.236. The van der Waals surface area contributed by atoms with Gasteiger partial charge in [0.05, 0.1) is 27.2 Å². The second-order valence-corrected chi connectivity index (χ2v) is 10.6. The maximum absolute atomic E-state index is 12.5. The van der Waals surface area contributed by atoms with Gasteiger partial charge in [0.2, 0.25) is 5.36 Å². The topological polar surface area (TPSA) is 94.0 Å². The van der Waals surface area contributed by atoms with Crippen molar-refractivity contribution in [1.29, 1.82) is 0 Å². The first kappa shape index (κ1) is 24.8. The molecule has 2 aromatic rings. The van der Waals surface area contributed by atoms with Gasteiger partial charge in [0.25, 0.3) is 0 Å². The van der Waals surface area contributed by atoms with E-state index >= 15 is 0 Å². The molecule has 2 saturated heterocycles. The second kappa shape index (κ2) is 9.64. The molecule has 0 atom stereocenters. The molecule has 6 rings (SSSR count). The molecule has 0 spiro atoms. The van der Waals surface area contributed by atoms with Crippen molar-refractivity contribution in [2.75, 3.05) is 31.1 Å². The van der Waals surface area contributed by atoms with Crippen molar-refractivity contribution in [2.24, 2.45) is 0 Å². The Morgan fingerprint density at radius 2 is 1.61 bits per heavy atom. The molecular weight excluding hydrogens is 527 g/mol. The Morgan fingerprint density at radius 1 is 0.868 bits per heavy atom. The average Bonchev–Trinajstić information content (AvgIpc) is 3.62. The zero-order valence-corrected chi connectivity index (χ0v) is 22.0. The van der Waals surface area contributed by atoms with Crippen LogP contribution in [0.25, 0.3) is 33.4 Å². The lowest BCUT2D eigenvalue weighted by molar-refractivity contribution is 0.0696. The van der Waals surface area contributed by atoms with Crippen molar-refractivity contribution in [3.63, 3.8) is 0 Å². The van der Waals surface area contributed by atoms with E-state index in [1.165, 1.54) is 6.07 Å². The number of anilines is 1. The van der Waals surface area contributed by atoms with E-state index in [1.54, 1.807) is 0 Å². The van der Waals surface area contributed by atoms with Crippen LogP contribution < -0.4 is 14.8 Å². The van der Waals surface area contributed by atoms with Crippen molar-refractivity contribution in [3.05, 3.63) is 69.0 Å². The van der Waals surface area contributed by atoms with Crippen LogP contribution >= 0.6 is 23.2 Å². The molecule has 2 aromatic carbocycles. The van der Waals surface area contributed by atoms with Crippen LogP contribution in [-0.2, 0) is 0 Å². The summed E-state index contributed by atoms with van der Waals surface area (Å²) in [5.41, 5.74) is 2.28. The Balaban J connectivity index is 1.72. The number of aromatic carboxylic acids is 2. The first-order valence-electron chi connectivity index (χ1n) is 12.7. The van der Waals surface area contributed by atoms with Crippen molar-refractivity contribution in [3.8, 4) is 22.5 Å². The maximum atomic E-state index is 12.5. The van der Waals surface area contributed by atoms with Crippen LogP contribution in [0.4, 0.5) is 5.69 Å². The normalized spacial score (nSPS) is 15.6. The number of halogens is 2. The fraction of sp³-hybridized carbons (Fsp3) is 0.276. The molecule has 2 N–H and O–H groups in total. The second-order valence-electron chi connectivity index (χ2n) is 9.81. The van der Waals surface area contributed by atoms with E-state index in [0.29, 0.717) is 27.9 Å². The number of benzene rings is 3. The summed E-state index contributed by atoms with van der Waals surface area (Å²) < 4.78 is 8.77. The number of fused-ring (bicyclic) bond motifs is 2. The summed E-state index contributed by atoms with van der Waals surface area (Å²) in [6.07, 6.45) is 4.51. The lowest BCUT2D eigenvalue weighted by Gasteiger charge is -2.21. The molecule has 0 aromatic heterocycles. The third-order valence-electron chi connectivity index (χ3n) is 7.54. The third-order valence-corrected chi connectivity index (χ3v) is 8.23. The minimum atomic E-state index is -1.36. The van der Waals surface area contributed by atoms with Crippen molar-refractivity contribution < 1.29 is 24.2 Å². The monoisotopic (exact) mass is 551 g/mol. The van der Waals surface area contributed by atoms with Gasteiger partial charge in [0.15, 0.2) is 0 Å². The average molecular weight is 552 g/mol. The lowest BCUT2D eigenvalue weighted by Crippen LogP contribution is -2.26. The largest absolute Gasteiger partial charge is 0.478 e. The van der Waals surface area contributed by atoms with Gasteiger partial charge in [-0.25, -0.2) is 14.2 Å². The van der Waals surface area contributed by atoms with E-state index in [0.717, 1.165) is 62.9 Å². The number of rotatable bonds is 4. The molecule has 0 unspecified atom stereocenters. The summed E-state index contributed by atoms with van der Waals surface area (Å²) >= 11 is 13.1. The standard InChI is InChI=1S/C29H24Cl2N2O5/c30-21-15-20(28(34)35)27(31)26(29(36)37)25(21)24-18-7-5-16(32-9-1-2-10-32)13-22(18)38-23-14-17(6-8-19(23)24)33-11-3-4-12-33/h5-8,13-15H,1-4,9-12H2,(H-,34,35,36,37)/p+1. The number of hydrogen-bond donors (Lipinski definition) is 2. The van der Waals surface area contributed by atoms with E-state index in [4.69, 9.17) is 27.6 Å². The smallest absolute Gasteiger partial charge is 0.337 e. The highest BCUT2D eigenvalue weighted by Gasteiger charge is 2.30. The van der Waals surface area contributed by atoms with Crippen LogP contribution in [0.1, 0.15) is 46.4 Å². The van der Waals surface area contributed by atoms with Gasteiger partial charge in [-0.15, -0.1) is 0 Å². The van der Waals surface area contributed by atoms with Crippen LogP contribution in [0.15, 0.2) is 46.9 Å². The molecule has 2 fully saturated rings. The van der Waals surface area contributed by atoms with Crippen LogP contribution in [0, 0.1) is 0 Å². The summed E-state index contributed by atoms with van der Waals surface area (Å²) in [5.74, 6) is -2.13. The molecule has 0 bridgehead atoms. The number of carboxylic acid groups (broad SMARTS) is 2. The molecular formula is C29H25Cl2N2O5+. The molecule has 3 heterocycles. The van der Waals surface area contributed by atoms with Gasteiger partial charge in [0.1, 0.15) is 24.4 Å². The zero-order valence-electron chi connectivity index (χ0n) is 20.5. The fourth-order valence-electron chi connectivity index (χ4n) is 5.71. The Kier molecular flexibility index (Phi) is 6.28. The molecule has 0 radical (unpaired) electrons. The highest BCUT2D eigenvalue weighted by atomic mass is 35.5. The summed E-state index contributed by atoms with van der Waals surface area (Å²) in [6.45, 7) is 3.86. The molecule has 38 heavy (non-hydrogen) atoms. The van der Waals surface area contributed by atoms with E-state index in [1.807, 2.05) is 36.4 Å². The Morgan fingerprint density at radius 3 is 2.29 bits per heavy atom. The molecule has 0 saturated carbocycles. The minimum absolute atomic E-state index is 0.00904. The van der Waals surface area contributed by atoms with E-state index in [9.17, 15) is 19.8 Å². The Hall–Kier alpha value is -3.55. The van der Waals surface area contributed by atoms with Crippen LogP contribution in [0.5, 0.6) is 0 Å². The molecule has 0 amide bonds. The van der Waals surface area contributed by atoms with Crippen LogP contribution in [0.3, 0.4) is 0 Å². The van der Waals surface area contributed by atoms with Gasteiger partial charge < -0.3 is 19.5 Å². The van der Waals surface area contributed by atoms with Gasteiger partial charge in [-0.2, -0.15) is 0 Å². The van der Waals surface area contributed by atoms with Gasteiger partial charge >= 0.3 is 11.9 Å². The van der Waals surface area contributed by atoms with Gasteiger partial charge in [0, 0.05) is 65.8 Å². The van der Waals surface area contributed by atoms with E-state index in [-0.39, 0.29) is 26.7 Å². The third kappa shape index (κ3) is 4.10. The number of hydrogen-bond acceptors (Lipinski definition) is 4. The van der Waals surface area contributed by atoms with Gasteiger partial charge in [-0.1, -0.05) is 23.2 Å². The molecule has 4 aliphatic rings. The van der Waals surface area contributed by atoms with E-state index in [2.05, 4.69) is 9.48 Å². The predicted molar refractivity (Wildman–Crippen MR) is 148 cm³/mol. The summed E-state index contributed by atoms with van der Waals surface area (Å²) in [6, 6.07) is 13.0. The summed E-state index contributed by atoms with van der Waals surface area (Å²) in [5, 5.41) is 21.1. The molecule has 3 aliphatic heterocycles. The zero-order chi connectivity index (χ0) is 26.6. The van der Waals surface area contributed by atoms with Crippen molar-refractivity contribution in [2.45, 2.75) is 25.7 Å². The fourth-order valence-corrected chi connectivity index (χ4v) is 6.32. The molecule has 7 nitrogen and oxygen atoms in total. The molecule has 194 valence electrons. The van der Waals surface area contributed by atoms with Crippen LogP contribution in [0.2, 0.25) is 10.0 Å². The van der Waals surface area contributed by atoms with Gasteiger partial charge in [-0.05, 0) is 37.1 Å². The Bertz CT molecular complexity index is 1660. The summed E-state index contributed by atoms with van der Waals surface area (Å²) in [4.78, 5) is 26.6. The van der Waals surface area contributed by atoms with Crippen LogP contribution in [-0.4, -0.2) is 48.3 Å². The van der Waals surface area contributed by atoms with Crippen molar-refractivity contribution >= 4 is 51.8 Å². The Labute approximate surface area is 228 Å². The van der Waals surface area contributed by atoms with Gasteiger partial charge in [-0.3, -0.25) is 0 Å². The molecule has 1 aliphatic carbocycles. The maximum Gasteiger partial charge on any atom is 0.337 e. The van der Waals surface area contributed by atoms with Crippen molar-refractivity contribution in [1.82, 2.24) is 4.58 Å². The summed E-state index contributed by atoms with van der Waals surface area (Å²) in [7, 11) is 0. The molecule has 9 heteroatoms. The van der Waals surface area contributed by atoms with E-state index < -0.39 is 11.9 Å². The SMILES string of the molecule is O=C(O)c1cc(Cl)c(-c2c3ccc(=[N+]4CCCC4)cc-3oc3cc(N4CCCC4)ccc23)c(C(=O)O)c1Cl. The minimum Gasteiger partial charge on any atom is -0.478 e. The highest BCUT2D eigenvalue weighted by molar-refractivity contribution is 6.41. The first-order chi connectivity index (χ1) is 18.3. The number of carboxylic acids is 2. The number of nitrogens with zero attached hydrogens (tertiary/aromatic N) is 2.